The van der Waals surface area contributed by atoms with Gasteiger partial charge < -0.3 is 10.6 Å². The van der Waals surface area contributed by atoms with Crippen LogP contribution < -0.4 is 10.6 Å². The summed E-state index contributed by atoms with van der Waals surface area (Å²) in [6, 6.07) is 8.78. The van der Waals surface area contributed by atoms with Gasteiger partial charge in [-0.2, -0.15) is 11.8 Å². The minimum atomic E-state index is 0. The number of thioether (sulfide) groups is 1. The van der Waals surface area contributed by atoms with Crippen LogP contribution in [0.3, 0.4) is 0 Å². The van der Waals surface area contributed by atoms with E-state index in [0.29, 0.717) is 0 Å². The van der Waals surface area contributed by atoms with Crippen LogP contribution in [0.15, 0.2) is 29.3 Å². The molecule has 0 aromatic heterocycles. The minimum Gasteiger partial charge on any atom is -0.357 e. The summed E-state index contributed by atoms with van der Waals surface area (Å²) in [5.41, 5.74) is 2.77. The molecule has 1 saturated heterocycles. The van der Waals surface area contributed by atoms with Crippen molar-refractivity contribution in [2.24, 2.45) is 4.99 Å². The predicted octanol–water partition coefficient (Wildman–Crippen LogP) is 4.49. The van der Waals surface area contributed by atoms with Gasteiger partial charge in [-0.05, 0) is 68.8 Å². The lowest BCUT2D eigenvalue weighted by molar-refractivity contribution is 0.220. The number of guanidine groups is 1. The molecule has 1 aliphatic heterocycles. The zero-order valence-corrected chi connectivity index (χ0v) is 20.2. The molecule has 6 heteroatoms. The maximum Gasteiger partial charge on any atom is 0.191 e. The van der Waals surface area contributed by atoms with Gasteiger partial charge in [0.05, 0.1) is 6.54 Å². The van der Waals surface area contributed by atoms with Crippen molar-refractivity contribution in [1.29, 1.82) is 0 Å². The number of nitrogens with zero attached hydrogens (tertiary/aromatic N) is 2. The molecular formula is C21H37IN4S. The van der Waals surface area contributed by atoms with Crippen LogP contribution in [0.1, 0.15) is 50.2 Å². The molecule has 2 rings (SSSR count). The maximum atomic E-state index is 4.83. The topological polar surface area (TPSA) is 39.7 Å². The summed E-state index contributed by atoms with van der Waals surface area (Å²) in [4.78, 5) is 7.41. The molecule has 154 valence electrons. The second-order valence-corrected chi connectivity index (χ2v) is 7.91. The molecule has 1 aromatic rings. The van der Waals surface area contributed by atoms with Crippen molar-refractivity contribution in [2.75, 3.05) is 38.2 Å². The quantitative estimate of drug-likeness (QED) is 0.213. The molecule has 0 aliphatic carbocycles. The highest BCUT2D eigenvalue weighted by molar-refractivity contribution is 14.0. The highest BCUT2D eigenvalue weighted by atomic mass is 127. The van der Waals surface area contributed by atoms with Crippen LogP contribution in [0.2, 0.25) is 0 Å². The third-order valence-corrected chi connectivity index (χ3v) is 5.48. The molecule has 2 N–H and O–H groups in total. The van der Waals surface area contributed by atoms with Crippen LogP contribution in [-0.4, -0.2) is 49.0 Å². The smallest absolute Gasteiger partial charge is 0.191 e. The molecule has 0 radical (unpaired) electrons. The Balaban J connectivity index is 0.00000364. The van der Waals surface area contributed by atoms with E-state index in [9.17, 15) is 0 Å². The number of unbranched alkanes of at least 4 members (excludes halogenated alkanes) is 1. The van der Waals surface area contributed by atoms with Gasteiger partial charge in [-0.15, -0.1) is 24.0 Å². The Morgan fingerprint density at radius 1 is 1.07 bits per heavy atom. The summed E-state index contributed by atoms with van der Waals surface area (Å²) < 4.78 is 0. The highest BCUT2D eigenvalue weighted by Crippen LogP contribution is 2.16. The number of hydrogen-bond acceptors (Lipinski definition) is 3. The molecule has 1 fully saturated rings. The van der Waals surface area contributed by atoms with Crippen molar-refractivity contribution < 1.29 is 0 Å². The van der Waals surface area contributed by atoms with Crippen LogP contribution in [0, 0.1) is 0 Å². The fraction of sp³-hybridized carbons (Fsp3) is 0.667. The van der Waals surface area contributed by atoms with E-state index in [4.69, 9.17) is 4.99 Å². The zero-order valence-electron chi connectivity index (χ0n) is 17.0. The number of halogens is 1. The Bertz CT molecular complexity index is 533. The average Bonchev–Trinajstić information content (AvgIpc) is 2.67. The average molecular weight is 505 g/mol. The van der Waals surface area contributed by atoms with Crippen molar-refractivity contribution in [2.45, 2.75) is 52.1 Å². The van der Waals surface area contributed by atoms with Gasteiger partial charge in [-0.25, -0.2) is 4.99 Å². The van der Waals surface area contributed by atoms with Gasteiger partial charge in [0.25, 0.3) is 0 Å². The van der Waals surface area contributed by atoms with Gasteiger partial charge in [0.1, 0.15) is 0 Å². The lowest BCUT2D eigenvalue weighted by Crippen LogP contribution is -2.37. The maximum absolute atomic E-state index is 4.83. The van der Waals surface area contributed by atoms with Crippen molar-refractivity contribution in [3.05, 3.63) is 35.4 Å². The summed E-state index contributed by atoms with van der Waals surface area (Å²) in [5.74, 6) is 2.17. The first-order valence-electron chi connectivity index (χ1n) is 10.1. The van der Waals surface area contributed by atoms with Crippen molar-refractivity contribution in [3.63, 3.8) is 0 Å². The van der Waals surface area contributed by atoms with Crippen molar-refractivity contribution >= 4 is 41.7 Å². The Hall–Kier alpha value is -0.470. The largest absolute Gasteiger partial charge is 0.357 e. The Morgan fingerprint density at radius 3 is 2.52 bits per heavy atom. The molecule has 0 spiro atoms. The molecule has 0 atom stereocenters. The van der Waals surface area contributed by atoms with E-state index in [2.05, 4.69) is 53.0 Å². The summed E-state index contributed by atoms with van der Waals surface area (Å²) >= 11 is 1.92. The lowest BCUT2D eigenvalue weighted by atomic mass is 10.1. The number of likely N-dealkylation sites (tertiary alicyclic amines) is 1. The van der Waals surface area contributed by atoms with E-state index in [-0.39, 0.29) is 24.0 Å². The molecule has 0 saturated carbocycles. The normalized spacial score (nSPS) is 15.3. The molecule has 1 heterocycles. The molecule has 0 bridgehead atoms. The first kappa shape index (κ1) is 24.6. The van der Waals surface area contributed by atoms with Crippen molar-refractivity contribution in [3.8, 4) is 0 Å². The van der Waals surface area contributed by atoms with Crippen LogP contribution in [0.5, 0.6) is 0 Å². The van der Waals surface area contributed by atoms with Crippen molar-refractivity contribution in [1.82, 2.24) is 15.5 Å². The predicted molar refractivity (Wildman–Crippen MR) is 131 cm³/mol. The summed E-state index contributed by atoms with van der Waals surface area (Å²) in [7, 11) is 0. The number of hydrogen-bond donors (Lipinski definition) is 2. The Labute approximate surface area is 187 Å². The molecule has 0 unspecified atom stereocenters. The van der Waals surface area contributed by atoms with E-state index in [1.165, 1.54) is 62.1 Å². The molecule has 1 aromatic carbocycles. The Morgan fingerprint density at radius 2 is 1.81 bits per heavy atom. The van der Waals surface area contributed by atoms with Gasteiger partial charge in [0.2, 0.25) is 0 Å². The van der Waals surface area contributed by atoms with Gasteiger partial charge >= 0.3 is 0 Å². The fourth-order valence-corrected chi connectivity index (χ4v) is 3.80. The van der Waals surface area contributed by atoms with E-state index >= 15 is 0 Å². The minimum absolute atomic E-state index is 0. The highest BCUT2D eigenvalue weighted by Gasteiger charge is 2.12. The number of nitrogens with one attached hydrogen (secondary N) is 2. The van der Waals surface area contributed by atoms with Gasteiger partial charge in [-0.3, -0.25) is 4.90 Å². The SMILES string of the molecule is CCNC(=NCc1ccccc1CN1CCCCC1)NCCCCSC.I. The lowest BCUT2D eigenvalue weighted by Gasteiger charge is -2.27. The third-order valence-electron chi connectivity index (χ3n) is 4.78. The first-order valence-corrected chi connectivity index (χ1v) is 11.5. The standard InChI is InChI=1S/C21H36N4S.HI/c1-3-22-21(23-13-7-10-16-26-2)24-17-19-11-5-6-12-20(19)18-25-14-8-4-9-15-25;/h5-6,11-12H,3-4,7-10,13-18H2,1-2H3,(H2,22,23,24);1H. The van der Waals surface area contributed by atoms with E-state index in [1.54, 1.807) is 0 Å². The van der Waals surface area contributed by atoms with E-state index in [0.717, 1.165) is 32.1 Å². The molecule has 0 amide bonds. The summed E-state index contributed by atoms with van der Waals surface area (Å²) in [6.45, 7) is 8.27. The number of piperidine rings is 1. The second-order valence-electron chi connectivity index (χ2n) is 6.93. The number of rotatable bonds is 10. The summed E-state index contributed by atoms with van der Waals surface area (Å²) in [5, 5.41) is 6.84. The first-order chi connectivity index (χ1) is 12.8. The molecule has 27 heavy (non-hydrogen) atoms. The molecular weight excluding hydrogens is 467 g/mol. The molecule has 1 aliphatic rings. The third kappa shape index (κ3) is 10.0. The van der Waals surface area contributed by atoms with Gasteiger partial charge in [0.15, 0.2) is 5.96 Å². The van der Waals surface area contributed by atoms with Gasteiger partial charge in [-0.1, -0.05) is 30.7 Å². The summed E-state index contributed by atoms with van der Waals surface area (Å²) in [6.07, 6.45) is 8.68. The van der Waals surface area contributed by atoms with E-state index < -0.39 is 0 Å². The van der Waals surface area contributed by atoms with Gasteiger partial charge in [0, 0.05) is 19.6 Å². The van der Waals surface area contributed by atoms with Crippen LogP contribution in [0.4, 0.5) is 0 Å². The Kier molecular flexibility index (Phi) is 14.1. The number of aliphatic imine (C=N–C) groups is 1. The van der Waals surface area contributed by atoms with Crippen LogP contribution >= 0.6 is 35.7 Å². The zero-order chi connectivity index (χ0) is 18.5. The van der Waals surface area contributed by atoms with Crippen LogP contribution in [-0.2, 0) is 13.1 Å². The fourth-order valence-electron chi connectivity index (χ4n) is 3.31. The van der Waals surface area contributed by atoms with Crippen LogP contribution in [0.25, 0.3) is 0 Å². The van der Waals surface area contributed by atoms with E-state index in [1.807, 2.05) is 11.8 Å². The second kappa shape index (κ2) is 15.5. The molecule has 4 nitrogen and oxygen atoms in total. The number of benzene rings is 1. The monoisotopic (exact) mass is 504 g/mol.